The number of carbonyl (C=O) groups is 3. The zero-order chi connectivity index (χ0) is 28.0. The Hall–Kier alpha value is -3.19. The first kappa shape index (κ1) is 30.0. The fourth-order valence-corrected chi connectivity index (χ4v) is 3.49. The van der Waals surface area contributed by atoms with Gasteiger partial charge in [-0.05, 0) is 45.7 Å². The third-order valence-corrected chi connectivity index (χ3v) is 4.98. The van der Waals surface area contributed by atoms with Crippen LogP contribution in [0.4, 0.5) is 47.3 Å². The highest BCUT2D eigenvalue weighted by molar-refractivity contribution is 6.06. The molecule has 0 saturated carbocycles. The van der Waals surface area contributed by atoms with Gasteiger partial charge in [0.1, 0.15) is 11.6 Å². The summed E-state index contributed by atoms with van der Waals surface area (Å²) in [5.41, 5.74) is -0.780. The highest BCUT2D eigenvalue weighted by Gasteiger charge is 2.38. The van der Waals surface area contributed by atoms with Gasteiger partial charge in [0.2, 0.25) is 0 Å². The van der Waals surface area contributed by atoms with Gasteiger partial charge in [-0.25, -0.2) is 9.59 Å². The maximum absolute atomic E-state index is 13.4. The first-order valence-corrected chi connectivity index (χ1v) is 11.4. The molecule has 1 aliphatic rings. The van der Waals surface area contributed by atoms with Crippen LogP contribution in [-0.4, -0.2) is 61.8 Å². The molecule has 1 heterocycles. The fourth-order valence-electron chi connectivity index (χ4n) is 3.49. The predicted octanol–water partition coefficient (Wildman–Crippen LogP) is 5.55. The lowest BCUT2D eigenvalue weighted by Crippen LogP contribution is -2.54. The van der Waals surface area contributed by atoms with Gasteiger partial charge in [-0.2, -0.15) is 26.3 Å². The number of ether oxygens (including phenoxy) is 2. The van der Waals surface area contributed by atoms with E-state index in [1.807, 2.05) is 0 Å². The molecule has 14 heteroatoms. The Morgan fingerprint density at radius 1 is 0.973 bits per heavy atom. The molecule has 0 fully saturated rings. The minimum absolute atomic E-state index is 0.0791. The van der Waals surface area contributed by atoms with Gasteiger partial charge in [-0.1, -0.05) is 12.1 Å². The van der Waals surface area contributed by atoms with Crippen LogP contribution in [-0.2, 0) is 14.3 Å². The molecule has 1 aromatic carbocycles. The molecule has 0 aromatic heterocycles. The van der Waals surface area contributed by atoms with Gasteiger partial charge in [-0.3, -0.25) is 9.69 Å². The van der Waals surface area contributed by atoms with E-state index >= 15 is 0 Å². The largest absolute Gasteiger partial charge is 0.449 e. The Morgan fingerprint density at radius 2 is 1.54 bits per heavy atom. The summed E-state index contributed by atoms with van der Waals surface area (Å²) in [7, 11) is 0. The van der Waals surface area contributed by atoms with Crippen molar-refractivity contribution in [3.8, 4) is 0 Å². The van der Waals surface area contributed by atoms with Crippen molar-refractivity contribution in [1.29, 1.82) is 0 Å². The fraction of sp³-hybridized carbons (Fsp3) is 0.609. The monoisotopic (exact) mass is 541 g/mol. The molecule has 0 spiro atoms. The van der Waals surface area contributed by atoms with E-state index in [1.165, 1.54) is 24.3 Å². The smallest absolute Gasteiger partial charge is 0.414 e. The summed E-state index contributed by atoms with van der Waals surface area (Å²) in [4.78, 5) is 40.6. The van der Waals surface area contributed by atoms with Crippen LogP contribution in [0.1, 0.15) is 46.5 Å². The Kier molecular flexibility index (Phi) is 9.66. The van der Waals surface area contributed by atoms with Crippen molar-refractivity contribution >= 4 is 29.5 Å². The molecule has 1 N–H and O–H groups in total. The molecule has 0 aliphatic carbocycles. The van der Waals surface area contributed by atoms with Crippen LogP contribution >= 0.6 is 0 Å². The second-order valence-electron chi connectivity index (χ2n) is 9.34. The van der Waals surface area contributed by atoms with Crippen LogP contribution in [0.5, 0.6) is 0 Å². The second kappa shape index (κ2) is 11.9. The van der Waals surface area contributed by atoms with Crippen molar-refractivity contribution in [2.75, 3.05) is 29.5 Å². The molecular weight excluding hydrogens is 512 g/mol. The Labute approximate surface area is 209 Å². The molecule has 1 unspecified atom stereocenters. The SMILES string of the molecule is CC(C)(C)OC(=O)NC1CN(C(=O)OCCCC(F)(F)F)c2ccccc2N(CCCC(F)(F)F)C1=O. The van der Waals surface area contributed by atoms with Crippen molar-refractivity contribution in [3.05, 3.63) is 24.3 Å². The number of benzene rings is 1. The number of hydrogen-bond acceptors (Lipinski definition) is 5. The third kappa shape index (κ3) is 10.00. The molecule has 1 aromatic rings. The van der Waals surface area contributed by atoms with Gasteiger partial charge >= 0.3 is 24.5 Å². The average Bonchev–Trinajstić information content (AvgIpc) is 2.84. The number of anilines is 2. The molecular formula is C23H29F6N3O5. The molecule has 37 heavy (non-hydrogen) atoms. The molecule has 2 rings (SSSR count). The number of halogens is 6. The number of alkyl carbamates (subject to hydrolysis) is 1. The molecule has 0 radical (unpaired) electrons. The van der Waals surface area contributed by atoms with E-state index in [9.17, 15) is 40.7 Å². The molecule has 3 amide bonds. The lowest BCUT2D eigenvalue weighted by Gasteiger charge is -2.27. The van der Waals surface area contributed by atoms with Crippen LogP contribution in [0.2, 0.25) is 0 Å². The van der Waals surface area contributed by atoms with E-state index in [4.69, 9.17) is 9.47 Å². The summed E-state index contributed by atoms with van der Waals surface area (Å²) < 4.78 is 85.7. The first-order valence-electron chi connectivity index (χ1n) is 11.4. The van der Waals surface area contributed by atoms with Gasteiger partial charge in [-0.15, -0.1) is 0 Å². The standard InChI is InChI=1S/C23H29F6N3O5/c1-21(2,3)37-19(34)30-15-14-32(20(35)36-13-7-11-23(27,28)29)17-9-5-4-8-16(17)31(18(15)33)12-6-10-22(24,25)26/h4-5,8-9,15H,6-7,10-14H2,1-3H3,(H,30,34). The summed E-state index contributed by atoms with van der Waals surface area (Å²) in [6.45, 7) is 3.28. The summed E-state index contributed by atoms with van der Waals surface area (Å²) >= 11 is 0. The maximum atomic E-state index is 13.4. The Morgan fingerprint density at radius 3 is 2.11 bits per heavy atom. The van der Waals surface area contributed by atoms with E-state index < -0.39 is 80.9 Å². The summed E-state index contributed by atoms with van der Waals surface area (Å²) in [6.07, 6.45) is -14.3. The number of alkyl halides is 6. The number of rotatable bonds is 7. The van der Waals surface area contributed by atoms with Crippen LogP contribution in [0, 0.1) is 0 Å². The second-order valence-corrected chi connectivity index (χ2v) is 9.34. The van der Waals surface area contributed by atoms with Crippen LogP contribution in [0.25, 0.3) is 0 Å². The Bertz CT molecular complexity index is 961. The van der Waals surface area contributed by atoms with Crippen molar-refractivity contribution in [3.63, 3.8) is 0 Å². The molecule has 1 aliphatic heterocycles. The minimum Gasteiger partial charge on any atom is -0.449 e. The van der Waals surface area contributed by atoms with E-state index in [0.29, 0.717) is 0 Å². The number of nitrogens with zero attached hydrogens (tertiary/aromatic N) is 2. The topological polar surface area (TPSA) is 88.2 Å². The van der Waals surface area contributed by atoms with Crippen LogP contribution in [0.15, 0.2) is 24.3 Å². The number of hydrogen-bond donors (Lipinski definition) is 1. The van der Waals surface area contributed by atoms with Gasteiger partial charge in [0, 0.05) is 19.4 Å². The van der Waals surface area contributed by atoms with Crippen molar-refractivity contribution in [2.24, 2.45) is 0 Å². The average molecular weight is 541 g/mol. The number of carbonyl (C=O) groups excluding carboxylic acids is 3. The summed E-state index contributed by atoms with van der Waals surface area (Å²) in [5, 5.41) is 2.34. The first-order chi connectivity index (χ1) is 17.0. The minimum atomic E-state index is -4.46. The normalized spacial score (nSPS) is 16.7. The van der Waals surface area contributed by atoms with Gasteiger partial charge < -0.3 is 19.7 Å². The summed E-state index contributed by atoms with van der Waals surface area (Å²) in [6, 6.07) is 4.36. The lowest BCUT2D eigenvalue weighted by molar-refractivity contribution is -0.137. The van der Waals surface area contributed by atoms with E-state index in [0.717, 1.165) is 9.80 Å². The molecule has 208 valence electrons. The molecule has 1 atom stereocenters. The predicted molar refractivity (Wildman–Crippen MR) is 121 cm³/mol. The quantitative estimate of drug-likeness (QED) is 0.361. The third-order valence-electron chi connectivity index (χ3n) is 4.98. The molecule has 0 saturated heterocycles. The van der Waals surface area contributed by atoms with Crippen LogP contribution < -0.4 is 15.1 Å². The lowest BCUT2D eigenvalue weighted by atomic mass is 10.2. The number of para-hydroxylation sites is 2. The number of fused-ring (bicyclic) bond motifs is 1. The highest BCUT2D eigenvalue weighted by atomic mass is 19.4. The number of amides is 3. The number of nitrogens with one attached hydrogen (secondary N) is 1. The maximum Gasteiger partial charge on any atom is 0.414 e. The van der Waals surface area contributed by atoms with Gasteiger partial charge in [0.25, 0.3) is 5.91 Å². The molecule has 0 bridgehead atoms. The van der Waals surface area contributed by atoms with Crippen molar-refractivity contribution in [1.82, 2.24) is 5.32 Å². The Balaban J connectivity index is 2.34. The van der Waals surface area contributed by atoms with Crippen LogP contribution in [0.3, 0.4) is 0 Å². The van der Waals surface area contributed by atoms with E-state index in [1.54, 1.807) is 20.8 Å². The van der Waals surface area contributed by atoms with Gasteiger partial charge in [0.15, 0.2) is 0 Å². The molecule has 8 nitrogen and oxygen atoms in total. The highest BCUT2D eigenvalue weighted by Crippen LogP contribution is 2.34. The zero-order valence-corrected chi connectivity index (χ0v) is 20.5. The van der Waals surface area contributed by atoms with Gasteiger partial charge in [0.05, 0.1) is 24.5 Å². The van der Waals surface area contributed by atoms with E-state index in [-0.39, 0.29) is 17.9 Å². The van der Waals surface area contributed by atoms with Crippen molar-refractivity contribution in [2.45, 2.75) is 70.4 Å². The van der Waals surface area contributed by atoms with Crippen molar-refractivity contribution < 1.29 is 50.2 Å². The summed E-state index contributed by atoms with van der Waals surface area (Å²) in [5.74, 6) is -0.798. The zero-order valence-electron chi connectivity index (χ0n) is 20.5. The van der Waals surface area contributed by atoms with E-state index in [2.05, 4.69) is 5.32 Å².